The third kappa shape index (κ3) is 3.97. The monoisotopic (exact) mass is 394 g/mol. The van der Waals surface area contributed by atoms with Crippen LogP contribution in [0.2, 0.25) is 0 Å². The molecule has 0 radical (unpaired) electrons. The summed E-state index contributed by atoms with van der Waals surface area (Å²) in [7, 11) is 0. The number of cyclic esters (lactones) is 1. The molecule has 1 amide bonds. The molecule has 8 heteroatoms. The normalized spacial score (nSPS) is 18.1. The number of fused-ring (bicyclic) bond motifs is 1. The second-order valence-corrected chi connectivity index (χ2v) is 7.65. The van der Waals surface area contributed by atoms with E-state index in [1.807, 2.05) is 18.3 Å². The van der Waals surface area contributed by atoms with Gasteiger partial charge in [-0.2, -0.15) is 4.98 Å². The molecular formula is C21H22N4O4. The Morgan fingerprint density at radius 3 is 2.76 bits per heavy atom. The van der Waals surface area contributed by atoms with Crippen molar-refractivity contribution in [3.63, 3.8) is 0 Å². The number of anilines is 1. The number of nitrogens with one attached hydrogen (secondary N) is 1. The Labute approximate surface area is 167 Å². The van der Waals surface area contributed by atoms with E-state index in [9.17, 15) is 9.59 Å². The van der Waals surface area contributed by atoms with Gasteiger partial charge in [-0.3, -0.25) is 10.1 Å². The highest BCUT2D eigenvalue weighted by molar-refractivity contribution is 5.93. The molecular weight excluding hydrogens is 372 g/mol. The topological polar surface area (TPSA) is 94.8 Å². The Kier molecular flexibility index (Phi) is 4.58. The molecule has 2 aromatic heterocycles. The highest BCUT2D eigenvalue weighted by atomic mass is 16.8. The summed E-state index contributed by atoms with van der Waals surface area (Å²) in [5.41, 5.74) is 5.06. The molecule has 0 aliphatic carbocycles. The smallest absolute Gasteiger partial charge is 0.338 e. The van der Waals surface area contributed by atoms with Crippen LogP contribution in [-0.4, -0.2) is 38.4 Å². The van der Waals surface area contributed by atoms with Crippen LogP contribution in [0.25, 0.3) is 16.8 Å². The molecule has 1 aliphatic heterocycles. The summed E-state index contributed by atoms with van der Waals surface area (Å²) in [6.45, 7) is 7.36. The fourth-order valence-electron chi connectivity index (χ4n) is 3.33. The predicted octanol–water partition coefficient (Wildman–Crippen LogP) is 3.02. The molecule has 29 heavy (non-hydrogen) atoms. The lowest BCUT2D eigenvalue weighted by Gasteiger charge is -2.14. The highest BCUT2D eigenvalue weighted by Gasteiger charge is 2.42. The Balaban J connectivity index is 1.51. The average Bonchev–Trinajstić information content (AvgIpc) is 3.14. The summed E-state index contributed by atoms with van der Waals surface area (Å²) in [4.78, 5) is 28.4. The van der Waals surface area contributed by atoms with E-state index in [4.69, 9.17) is 9.47 Å². The van der Waals surface area contributed by atoms with Crippen LogP contribution in [0.15, 0.2) is 36.5 Å². The molecule has 1 saturated heterocycles. The van der Waals surface area contributed by atoms with E-state index in [-0.39, 0.29) is 12.4 Å². The number of hydrogen-bond donors (Lipinski definition) is 1. The van der Waals surface area contributed by atoms with E-state index >= 15 is 0 Å². The zero-order valence-electron chi connectivity index (χ0n) is 16.7. The van der Waals surface area contributed by atoms with Gasteiger partial charge in [-0.15, -0.1) is 5.10 Å². The fraction of sp³-hybridized carbons (Fsp3) is 0.333. The maximum atomic E-state index is 12.3. The molecule has 3 aromatic rings. The molecule has 3 heterocycles. The highest BCUT2D eigenvalue weighted by Crippen LogP contribution is 2.26. The van der Waals surface area contributed by atoms with Crippen molar-refractivity contribution in [1.82, 2.24) is 14.6 Å². The Hall–Kier alpha value is -3.26. The zero-order valence-corrected chi connectivity index (χ0v) is 16.7. The number of esters is 1. The first-order valence-corrected chi connectivity index (χ1v) is 9.35. The first-order chi connectivity index (χ1) is 13.7. The zero-order chi connectivity index (χ0) is 20.8. The van der Waals surface area contributed by atoms with E-state index in [1.54, 1.807) is 18.4 Å². The first kappa shape index (κ1) is 19.1. The van der Waals surface area contributed by atoms with Crippen LogP contribution in [0, 0.1) is 13.8 Å². The Bertz CT molecular complexity index is 1120. The molecule has 1 atom stereocenters. The van der Waals surface area contributed by atoms with Crippen LogP contribution >= 0.6 is 0 Å². The average molecular weight is 394 g/mol. The quantitative estimate of drug-likeness (QED) is 0.684. The van der Waals surface area contributed by atoms with Gasteiger partial charge < -0.3 is 9.47 Å². The van der Waals surface area contributed by atoms with Crippen LogP contribution in [0.5, 0.6) is 0 Å². The number of hydrogen-bond acceptors (Lipinski definition) is 6. The number of carbonyl (C=O) groups is 2. The van der Waals surface area contributed by atoms with Crippen molar-refractivity contribution < 1.29 is 19.1 Å². The molecule has 8 nitrogen and oxygen atoms in total. The number of benzene rings is 1. The van der Waals surface area contributed by atoms with Crippen LogP contribution in [0.3, 0.4) is 0 Å². The first-order valence-electron chi connectivity index (χ1n) is 9.35. The van der Waals surface area contributed by atoms with Crippen molar-refractivity contribution in [3.8, 4) is 11.1 Å². The molecule has 1 fully saturated rings. The number of nitrogens with zero attached hydrogens (tertiary/aromatic N) is 3. The second-order valence-electron chi connectivity index (χ2n) is 7.65. The number of rotatable bonds is 4. The molecule has 0 bridgehead atoms. The molecule has 0 saturated carbocycles. The van der Waals surface area contributed by atoms with Crippen molar-refractivity contribution in [1.29, 1.82) is 0 Å². The van der Waals surface area contributed by atoms with E-state index in [2.05, 4.69) is 47.4 Å². The predicted molar refractivity (Wildman–Crippen MR) is 106 cm³/mol. The van der Waals surface area contributed by atoms with Gasteiger partial charge in [-0.25, -0.2) is 9.31 Å². The number of amides is 1. The van der Waals surface area contributed by atoms with Gasteiger partial charge in [0.2, 0.25) is 17.6 Å². The third-order valence-electron chi connectivity index (χ3n) is 4.69. The summed E-state index contributed by atoms with van der Waals surface area (Å²) in [6, 6.07) is 10.1. The van der Waals surface area contributed by atoms with E-state index in [0.29, 0.717) is 5.65 Å². The van der Waals surface area contributed by atoms with Gasteiger partial charge in [0.15, 0.2) is 11.8 Å². The summed E-state index contributed by atoms with van der Waals surface area (Å²) in [6.07, 6.45) is 0.781. The van der Waals surface area contributed by atoms with Crippen LogP contribution in [0.1, 0.15) is 31.4 Å². The summed E-state index contributed by atoms with van der Waals surface area (Å²) in [5, 5.41) is 6.95. The summed E-state index contributed by atoms with van der Waals surface area (Å²) in [5.74, 6) is -1.83. The van der Waals surface area contributed by atoms with Crippen molar-refractivity contribution in [2.75, 3.05) is 5.32 Å². The SMILES string of the molecule is Cc1ccc(C)c(-c2ccc3nc(NC(=O)C[C@H]4OC(C)(C)OC4=O)nn3c2)c1. The van der Waals surface area contributed by atoms with Crippen LogP contribution < -0.4 is 5.32 Å². The van der Waals surface area contributed by atoms with E-state index in [1.165, 1.54) is 5.56 Å². The summed E-state index contributed by atoms with van der Waals surface area (Å²) < 4.78 is 12.1. The number of carbonyl (C=O) groups excluding carboxylic acids is 2. The fourth-order valence-corrected chi connectivity index (χ4v) is 3.33. The Morgan fingerprint density at radius 2 is 2.03 bits per heavy atom. The minimum atomic E-state index is -1.02. The van der Waals surface area contributed by atoms with E-state index in [0.717, 1.165) is 16.7 Å². The number of pyridine rings is 1. The lowest BCUT2D eigenvalue weighted by atomic mass is 10.00. The molecule has 4 rings (SSSR count). The minimum absolute atomic E-state index is 0.161. The second kappa shape index (κ2) is 6.97. The minimum Gasteiger partial charge on any atom is -0.432 e. The number of aryl methyl sites for hydroxylation is 2. The lowest BCUT2D eigenvalue weighted by molar-refractivity contribution is -0.160. The maximum absolute atomic E-state index is 12.3. The maximum Gasteiger partial charge on any atom is 0.338 e. The largest absolute Gasteiger partial charge is 0.432 e. The van der Waals surface area contributed by atoms with Gasteiger partial charge in [0.25, 0.3) is 0 Å². The molecule has 1 N–H and O–H groups in total. The standard InChI is InChI=1S/C21H22N4O4/c1-12-5-6-13(2)15(9-12)14-7-8-17-22-20(24-25(17)11-14)23-18(26)10-16-19(27)29-21(3,4)28-16/h5-9,11,16H,10H2,1-4H3,(H,23,24,26)/t16-/m1/s1. The van der Waals surface area contributed by atoms with Gasteiger partial charge in [0, 0.05) is 25.6 Å². The molecule has 0 spiro atoms. The van der Waals surface area contributed by atoms with E-state index < -0.39 is 23.8 Å². The van der Waals surface area contributed by atoms with Gasteiger partial charge in [0.1, 0.15) is 0 Å². The van der Waals surface area contributed by atoms with Crippen LogP contribution in [0.4, 0.5) is 5.95 Å². The summed E-state index contributed by atoms with van der Waals surface area (Å²) >= 11 is 0. The van der Waals surface area contributed by atoms with Crippen molar-refractivity contribution >= 4 is 23.5 Å². The number of ether oxygens (including phenoxy) is 2. The molecule has 150 valence electrons. The molecule has 1 aliphatic rings. The van der Waals surface area contributed by atoms with Crippen molar-refractivity contribution in [3.05, 3.63) is 47.7 Å². The third-order valence-corrected chi connectivity index (χ3v) is 4.69. The lowest BCUT2D eigenvalue weighted by Crippen LogP contribution is -2.26. The Morgan fingerprint density at radius 1 is 1.24 bits per heavy atom. The van der Waals surface area contributed by atoms with Crippen LogP contribution in [-0.2, 0) is 19.1 Å². The van der Waals surface area contributed by atoms with Crippen molar-refractivity contribution in [2.45, 2.75) is 46.0 Å². The van der Waals surface area contributed by atoms with Crippen molar-refractivity contribution in [2.24, 2.45) is 0 Å². The van der Waals surface area contributed by atoms with Gasteiger partial charge >= 0.3 is 5.97 Å². The van der Waals surface area contributed by atoms with Gasteiger partial charge in [0.05, 0.1) is 6.42 Å². The molecule has 0 unspecified atom stereocenters. The van der Waals surface area contributed by atoms with Gasteiger partial charge in [-0.1, -0.05) is 23.8 Å². The van der Waals surface area contributed by atoms with Gasteiger partial charge in [-0.05, 0) is 37.1 Å². The molecule has 1 aromatic carbocycles. The number of aromatic nitrogens is 3.